The van der Waals surface area contributed by atoms with Crippen LogP contribution in [0.25, 0.3) is 10.8 Å². The van der Waals surface area contributed by atoms with Crippen molar-refractivity contribution in [3.63, 3.8) is 0 Å². The third-order valence-electron chi connectivity index (χ3n) is 6.84. The number of nitrogens with one attached hydrogen (secondary N) is 2. The van der Waals surface area contributed by atoms with Crippen molar-refractivity contribution >= 4 is 40.4 Å². The summed E-state index contributed by atoms with van der Waals surface area (Å²) in [6, 6.07) is 24.0. The minimum Gasteiger partial charge on any atom is -0.399 e. The summed E-state index contributed by atoms with van der Waals surface area (Å²) >= 11 is 0. The molecule has 1 aliphatic rings. The van der Waals surface area contributed by atoms with Gasteiger partial charge in [-0.15, -0.1) is 0 Å². The van der Waals surface area contributed by atoms with E-state index in [1.54, 1.807) is 12.4 Å². The van der Waals surface area contributed by atoms with Gasteiger partial charge in [0, 0.05) is 29.3 Å². The Bertz CT molecular complexity index is 1350. The Kier molecular flexibility index (Phi) is 5.51. The first kappa shape index (κ1) is 22.3. The lowest BCUT2D eigenvalue weighted by atomic mass is 9.77. The Labute approximate surface area is 200 Å². The zero-order valence-corrected chi connectivity index (χ0v) is 19.9. The first-order chi connectivity index (χ1) is 16.2. The van der Waals surface area contributed by atoms with E-state index in [1.165, 1.54) is 0 Å². The number of rotatable bonds is 5. The number of anilines is 2. The Balaban J connectivity index is 1.56. The molecule has 0 spiro atoms. The first-order valence-corrected chi connectivity index (χ1v) is 11.5. The highest BCUT2D eigenvalue weighted by Gasteiger charge is 2.51. The molecule has 0 atom stereocenters. The van der Waals surface area contributed by atoms with Gasteiger partial charge in [-0.25, -0.2) is 0 Å². The molecule has 5 rings (SSSR count). The van der Waals surface area contributed by atoms with Crippen molar-refractivity contribution in [1.82, 2.24) is 4.98 Å². The molecule has 0 bridgehead atoms. The molecule has 0 unspecified atom stereocenters. The van der Waals surface area contributed by atoms with E-state index in [4.69, 9.17) is 9.31 Å². The molecule has 170 valence electrons. The number of pyridine rings is 1. The largest absolute Gasteiger partial charge is 0.494 e. The van der Waals surface area contributed by atoms with Crippen LogP contribution in [0.15, 0.2) is 85.2 Å². The molecule has 2 N–H and O–H groups in total. The average molecular weight is 449 g/mol. The van der Waals surface area contributed by atoms with Crippen molar-refractivity contribution in [2.75, 3.05) is 5.32 Å². The Morgan fingerprint density at radius 1 is 0.853 bits per heavy atom. The first-order valence-electron chi connectivity index (χ1n) is 11.5. The predicted molar refractivity (Wildman–Crippen MR) is 140 cm³/mol. The lowest BCUT2D eigenvalue weighted by Crippen LogP contribution is -2.41. The highest BCUT2D eigenvalue weighted by atomic mass is 16.7. The van der Waals surface area contributed by atoms with Gasteiger partial charge in [0.15, 0.2) is 0 Å². The number of benzene rings is 3. The summed E-state index contributed by atoms with van der Waals surface area (Å²) < 4.78 is 12.5. The van der Waals surface area contributed by atoms with E-state index in [-0.39, 0.29) is 0 Å². The van der Waals surface area contributed by atoms with Crippen LogP contribution < -0.4 is 10.8 Å². The fourth-order valence-corrected chi connectivity index (χ4v) is 4.20. The van der Waals surface area contributed by atoms with Gasteiger partial charge < -0.3 is 14.6 Å². The van der Waals surface area contributed by atoms with E-state index in [0.29, 0.717) is 5.71 Å². The van der Waals surface area contributed by atoms with Gasteiger partial charge in [-0.1, -0.05) is 54.6 Å². The maximum absolute atomic E-state index is 9.25. The average Bonchev–Trinajstić information content (AvgIpc) is 3.06. The maximum atomic E-state index is 9.25. The molecule has 5 nitrogen and oxygen atoms in total. The molecule has 0 aliphatic carbocycles. The third kappa shape index (κ3) is 4.00. The third-order valence-corrected chi connectivity index (χ3v) is 6.84. The standard InChI is InChI=1S/C28H28BN3O2/c1-27(2)28(3,4)34-29(33-27)21-10-7-9-20(18-21)26(30)25-23-11-6-5-8-19(23)12-13-24(25)32-22-14-16-31-17-15-22/h5-18,30H,1-4H3,(H,31,32). The van der Waals surface area contributed by atoms with Gasteiger partial charge in [-0.05, 0) is 67.7 Å². The van der Waals surface area contributed by atoms with Gasteiger partial charge in [0.1, 0.15) is 0 Å². The second kappa shape index (κ2) is 8.39. The van der Waals surface area contributed by atoms with E-state index in [2.05, 4.69) is 28.5 Å². The van der Waals surface area contributed by atoms with Crippen LogP contribution >= 0.6 is 0 Å². The number of fused-ring (bicyclic) bond motifs is 1. The van der Waals surface area contributed by atoms with Gasteiger partial charge >= 0.3 is 7.12 Å². The highest BCUT2D eigenvalue weighted by Crippen LogP contribution is 2.37. The summed E-state index contributed by atoms with van der Waals surface area (Å²) in [5.41, 5.74) is 3.96. The molecule has 3 aromatic carbocycles. The van der Waals surface area contributed by atoms with Gasteiger partial charge in [0.25, 0.3) is 0 Å². The summed E-state index contributed by atoms with van der Waals surface area (Å²) in [7, 11) is -0.473. The molecule has 1 fully saturated rings. The molecule has 1 aromatic heterocycles. The highest BCUT2D eigenvalue weighted by molar-refractivity contribution is 6.62. The summed E-state index contributed by atoms with van der Waals surface area (Å²) in [6.07, 6.45) is 3.50. The van der Waals surface area contributed by atoms with Crippen LogP contribution in [-0.2, 0) is 9.31 Å². The number of hydrogen-bond acceptors (Lipinski definition) is 5. The van der Waals surface area contributed by atoms with Gasteiger partial charge in [0.2, 0.25) is 0 Å². The van der Waals surface area contributed by atoms with Crippen molar-refractivity contribution in [3.05, 3.63) is 96.3 Å². The monoisotopic (exact) mass is 449 g/mol. The van der Waals surface area contributed by atoms with Gasteiger partial charge in [-0.2, -0.15) is 0 Å². The molecule has 1 saturated heterocycles. The zero-order valence-electron chi connectivity index (χ0n) is 19.9. The van der Waals surface area contributed by atoms with Crippen LogP contribution in [0.1, 0.15) is 38.8 Å². The molecular weight excluding hydrogens is 421 g/mol. The Morgan fingerprint density at radius 2 is 1.56 bits per heavy atom. The van der Waals surface area contributed by atoms with Crippen LogP contribution in [-0.4, -0.2) is 29.0 Å². The molecule has 2 heterocycles. The van der Waals surface area contributed by atoms with E-state index in [1.807, 2.05) is 82.3 Å². The van der Waals surface area contributed by atoms with Gasteiger partial charge in [-0.3, -0.25) is 10.4 Å². The molecular formula is C28H28BN3O2. The minimum atomic E-state index is -0.473. The zero-order chi connectivity index (χ0) is 23.9. The molecule has 6 heteroatoms. The Morgan fingerprint density at radius 3 is 2.29 bits per heavy atom. The van der Waals surface area contributed by atoms with Crippen LogP contribution in [0.5, 0.6) is 0 Å². The fraction of sp³-hybridized carbons (Fsp3) is 0.214. The van der Waals surface area contributed by atoms with E-state index in [0.717, 1.165) is 38.7 Å². The fourth-order valence-electron chi connectivity index (χ4n) is 4.20. The maximum Gasteiger partial charge on any atom is 0.494 e. The second-order valence-corrected chi connectivity index (χ2v) is 9.66. The lowest BCUT2D eigenvalue weighted by Gasteiger charge is -2.32. The summed E-state index contributed by atoms with van der Waals surface area (Å²) in [4.78, 5) is 4.10. The lowest BCUT2D eigenvalue weighted by molar-refractivity contribution is 0.00578. The predicted octanol–water partition coefficient (Wildman–Crippen LogP) is 5.69. The Hall–Kier alpha value is -3.48. The summed E-state index contributed by atoms with van der Waals surface area (Å²) in [5, 5.41) is 14.8. The number of hydrogen-bond donors (Lipinski definition) is 2. The molecule has 0 radical (unpaired) electrons. The topological polar surface area (TPSA) is 67.2 Å². The van der Waals surface area contributed by atoms with E-state index >= 15 is 0 Å². The molecule has 1 aliphatic heterocycles. The quantitative estimate of drug-likeness (QED) is 0.303. The second-order valence-electron chi connectivity index (χ2n) is 9.66. The van der Waals surface area contributed by atoms with Crippen LogP contribution in [0.2, 0.25) is 0 Å². The normalized spacial score (nSPS) is 16.5. The molecule has 0 saturated carbocycles. The molecule has 4 aromatic rings. The molecule has 0 amide bonds. The summed E-state index contributed by atoms with van der Waals surface area (Å²) in [5.74, 6) is 0. The molecule has 34 heavy (non-hydrogen) atoms. The van der Waals surface area contributed by atoms with Crippen molar-refractivity contribution in [3.8, 4) is 0 Å². The number of aromatic nitrogens is 1. The van der Waals surface area contributed by atoms with Crippen LogP contribution in [0.4, 0.5) is 11.4 Å². The minimum absolute atomic E-state index is 0.418. The summed E-state index contributed by atoms with van der Waals surface area (Å²) in [6.45, 7) is 8.19. The van der Waals surface area contributed by atoms with Crippen LogP contribution in [0, 0.1) is 5.41 Å². The van der Waals surface area contributed by atoms with Gasteiger partial charge in [0.05, 0.1) is 16.9 Å². The van der Waals surface area contributed by atoms with E-state index in [9.17, 15) is 5.41 Å². The van der Waals surface area contributed by atoms with Crippen molar-refractivity contribution in [2.24, 2.45) is 0 Å². The smallest absolute Gasteiger partial charge is 0.399 e. The van der Waals surface area contributed by atoms with Crippen LogP contribution in [0.3, 0.4) is 0 Å². The van der Waals surface area contributed by atoms with E-state index < -0.39 is 18.3 Å². The van der Waals surface area contributed by atoms with Crippen molar-refractivity contribution in [2.45, 2.75) is 38.9 Å². The van der Waals surface area contributed by atoms with Crippen molar-refractivity contribution in [1.29, 1.82) is 5.41 Å². The number of nitrogens with zero attached hydrogens (tertiary/aromatic N) is 1. The van der Waals surface area contributed by atoms with Crippen molar-refractivity contribution < 1.29 is 9.31 Å². The SMILES string of the molecule is CC1(C)OB(c2cccc(C(=N)c3c(Nc4ccncc4)ccc4ccccc34)c2)OC1(C)C.